The number of rotatable bonds is 3. The molecule has 2 nitrogen and oxygen atoms in total. The van der Waals surface area contributed by atoms with Crippen molar-refractivity contribution in [2.24, 2.45) is 0 Å². The monoisotopic (exact) mass is 277 g/mol. The van der Waals surface area contributed by atoms with Gasteiger partial charge in [0.1, 0.15) is 5.82 Å². The number of benzene rings is 2. The largest absolute Gasteiger partial charge is 0.396 e. The van der Waals surface area contributed by atoms with E-state index in [0.717, 1.165) is 11.1 Å². The summed E-state index contributed by atoms with van der Waals surface area (Å²) in [6.07, 6.45) is 0. The van der Waals surface area contributed by atoms with Crippen LogP contribution < -0.4 is 5.73 Å². The van der Waals surface area contributed by atoms with Crippen molar-refractivity contribution in [3.63, 3.8) is 0 Å². The number of anilines is 1. The molecule has 0 bridgehead atoms. The van der Waals surface area contributed by atoms with Crippen LogP contribution in [0, 0.1) is 19.7 Å². The van der Waals surface area contributed by atoms with Crippen LogP contribution in [0.15, 0.2) is 41.3 Å². The summed E-state index contributed by atoms with van der Waals surface area (Å²) in [6, 6.07) is 10.3. The molecule has 1 atom stereocenters. The third-order valence-corrected chi connectivity index (χ3v) is 4.48. The molecule has 2 rings (SSSR count). The van der Waals surface area contributed by atoms with Crippen molar-refractivity contribution < 1.29 is 8.60 Å². The van der Waals surface area contributed by atoms with Gasteiger partial charge in [0.2, 0.25) is 0 Å². The lowest BCUT2D eigenvalue weighted by molar-refractivity contribution is 0.627. The molecule has 0 aliphatic carbocycles. The van der Waals surface area contributed by atoms with Gasteiger partial charge in [-0.1, -0.05) is 18.2 Å². The van der Waals surface area contributed by atoms with Gasteiger partial charge in [-0.05, 0) is 48.7 Å². The quantitative estimate of drug-likeness (QED) is 0.874. The molecule has 0 amide bonds. The molecule has 100 valence electrons. The lowest BCUT2D eigenvalue weighted by Gasteiger charge is -2.06. The smallest absolute Gasteiger partial charge is 0.147 e. The maximum Gasteiger partial charge on any atom is 0.147 e. The highest BCUT2D eigenvalue weighted by Crippen LogP contribution is 2.18. The number of halogens is 1. The topological polar surface area (TPSA) is 43.1 Å². The highest BCUT2D eigenvalue weighted by Gasteiger charge is 2.08. The molecule has 0 aliphatic rings. The lowest BCUT2D eigenvalue weighted by atomic mass is 10.1. The Bertz CT molecular complexity index is 640. The van der Waals surface area contributed by atoms with Gasteiger partial charge in [-0.3, -0.25) is 4.21 Å². The van der Waals surface area contributed by atoms with E-state index in [0.29, 0.717) is 10.6 Å². The van der Waals surface area contributed by atoms with Crippen LogP contribution in [0.25, 0.3) is 0 Å². The fourth-order valence-electron chi connectivity index (χ4n) is 1.78. The first kappa shape index (κ1) is 13.7. The average Bonchev–Trinajstić information content (AvgIpc) is 2.37. The van der Waals surface area contributed by atoms with Gasteiger partial charge in [0.15, 0.2) is 0 Å². The second-order valence-electron chi connectivity index (χ2n) is 4.59. The fourth-order valence-corrected chi connectivity index (χ4v) is 2.88. The molecular weight excluding hydrogens is 261 g/mol. The first-order valence-corrected chi connectivity index (χ1v) is 7.29. The van der Waals surface area contributed by atoms with E-state index in [4.69, 9.17) is 5.73 Å². The van der Waals surface area contributed by atoms with E-state index >= 15 is 0 Å². The SMILES string of the molecule is Cc1ccc(CS(=O)c2ccc(N)c(F)c2)cc1C. The van der Waals surface area contributed by atoms with Crippen LogP contribution in [-0.2, 0) is 16.6 Å². The minimum Gasteiger partial charge on any atom is -0.396 e. The minimum absolute atomic E-state index is 0.0759. The van der Waals surface area contributed by atoms with Crippen LogP contribution in [0.4, 0.5) is 10.1 Å². The number of nitrogens with two attached hydrogens (primary N) is 1. The molecule has 0 fully saturated rings. The summed E-state index contributed by atoms with van der Waals surface area (Å²) in [5.41, 5.74) is 8.83. The van der Waals surface area contributed by atoms with E-state index in [2.05, 4.69) is 0 Å². The van der Waals surface area contributed by atoms with Crippen molar-refractivity contribution in [1.29, 1.82) is 0 Å². The van der Waals surface area contributed by atoms with Gasteiger partial charge < -0.3 is 5.73 Å². The molecular formula is C15H16FNOS. The van der Waals surface area contributed by atoms with Crippen LogP contribution in [0.1, 0.15) is 16.7 Å². The zero-order chi connectivity index (χ0) is 14.0. The second-order valence-corrected chi connectivity index (χ2v) is 6.04. The van der Waals surface area contributed by atoms with Gasteiger partial charge >= 0.3 is 0 Å². The van der Waals surface area contributed by atoms with E-state index in [1.165, 1.54) is 17.7 Å². The number of nitrogen functional groups attached to an aromatic ring is 1. The Hall–Kier alpha value is -1.68. The van der Waals surface area contributed by atoms with E-state index < -0.39 is 16.6 Å². The molecule has 0 heterocycles. The van der Waals surface area contributed by atoms with E-state index in [1.54, 1.807) is 6.07 Å². The Balaban J connectivity index is 2.20. The summed E-state index contributed by atoms with van der Waals surface area (Å²) in [7, 11) is -1.26. The predicted molar refractivity (Wildman–Crippen MR) is 76.8 cm³/mol. The molecule has 2 aromatic carbocycles. The van der Waals surface area contributed by atoms with Crippen molar-refractivity contribution in [2.75, 3.05) is 5.73 Å². The van der Waals surface area contributed by atoms with Gasteiger partial charge in [0, 0.05) is 4.90 Å². The summed E-state index contributed by atoms with van der Waals surface area (Å²) < 4.78 is 25.5. The Kier molecular flexibility index (Phi) is 4.00. The molecule has 0 radical (unpaired) electrons. The molecule has 4 heteroatoms. The molecule has 0 spiro atoms. The Morgan fingerprint density at radius 3 is 2.47 bits per heavy atom. The maximum atomic E-state index is 13.3. The van der Waals surface area contributed by atoms with Crippen molar-refractivity contribution in [1.82, 2.24) is 0 Å². The minimum atomic E-state index is -1.26. The molecule has 2 aromatic rings. The molecule has 0 saturated carbocycles. The van der Waals surface area contributed by atoms with Gasteiger partial charge in [0.25, 0.3) is 0 Å². The van der Waals surface area contributed by atoms with E-state index in [9.17, 15) is 8.60 Å². The fraction of sp³-hybridized carbons (Fsp3) is 0.200. The van der Waals surface area contributed by atoms with Crippen molar-refractivity contribution in [3.8, 4) is 0 Å². The van der Waals surface area contributed by atoms with Crippen LogP contribution in [0.3, 0.4) is 0 Å². The normalized spacial score (nSPS) is 12.4. The third kappa shape index (κ3) is 3.20. The molecule has 0 saturated heterocycles. The first-order chi connectivity index (χ1) is 8.97. The lowest BCUT2D eigenvalue weighted by Crippen LogP contribution is -1.99. The highest BCUT2D eigenvalue weighted by atomic mass is 32.2. The second kappa shape index (κ2) is 5.53. The molecule has 1 unspecified atom stereocenters. The van der Waals surface area contributed by atoms with Gasteiger partial charge in [0.05, 0.1) is 22.2 Å². The predicted octanol–water partition coefficient (Wildman–Crippen LogP) is 3.33. The van der Waals surface area contributed by atoms with Crippen LogP contribution in [0.5, 0.6) is 0 Å². The Morgan fingerprint density at radius 1 is 1.11 bits per heavy atom. The van der Waals surface area contributed by atoms with Crippen molar-refractivity contribution in [2.45, 2.75) is 24.5 Å². The zero-order valence-electron chi connectivity index (χ0n) is 10.9. The van der Waals surface area contributed by atoms with E-state index in [-0.39, 0.29) is 5.69 Å². The zero-order valence-corrected chi connectivity index (χ0v) is 11.8. The van der Waals surface area contributed by atoms with Crippen molar-refractivity contribution in [3.05, 3.63) is 58.9 Å². The summed E-state index contributed by atoms with van der Waals surface area (Å²) in [5.74, 6) is -0.143. The average molecular weight is 277 g/mol. The Labute approximate surface area is 114 Å². The molecule has 19 heavy (non-hydrogen) atoms. The van der Waals surface area contributed by atoms with Gasteiger partial charge in [-0.15, -0.1) is 0 Å². The highest BCUT2D eigenvalue weighted by molar-refractivity contribution is 7.84. The first-order valence-electron chi connectivity index (χ1n) is 5.97. The summed E-state index contributed by atoms with van der Waals surface area (Å²) in [6.45, 7) is 4.05. The summed E-state index contributed by atoms with van der Waals surface area (Å²) >= 11 is 0. The molecule has 2 N–H and O–H groups in total. The number of hydrogen-bond acceptors (Lipinski definition) is 2. The summed E-state index contributed by atoms with van der Waals surface area (Å²) in [4.78, 5) is 0.463. The van der Waals surface area contributed by atoms with Crippen LogP contribution in [0.2, 0.25) is 0 Å². The summed E-state index contributed by atoms with van der Waals surface area (Å²) in [5, 5.41) is 0. The van der Waals surface area contributed by atoms with Crippen LogP contribution in [-0.4, -0.2) is 4.21 Å². The Morgan fingerprint density at radius 2 is 1.84 bits per heavy atom. The van der Waals surface area contributed by atoms with Gasteiger partial charge in [-0.25, -0.2) is 4.39 Å². The molecule has 0 aliphatic heterocycles. The number of aryl methyl sites for hydroxylation is 2. The molecule has 0 aromatic heterocycles. The number of hydrogen-bond donors (Lipinski definition) is 1. The van der Waals surface area contributed by atoms with Crippen LogP contribution >= 0.6 is 0 Å². The maximum absolute atomic E-state index is 13.3. The van der Waals surface area contributed by atoms with Crippen molar-refractivity contribution >= 4 is 16.5 Å². The van der Waals surface area contributed by atoms with E-state index in [1.807, 2.05) is 32.0 Å². The van der Waals surface area contributed by atoms with Gasteiger partial charge in [-0.2, -0.15) is 0 Å². The standard InChI is InChI=1S/C15H16FNOS/c1-10-3-4-12(7-11(10)2)9-19(18)13-5-6-15(17)14(16)8-13/h3-8H,9,17H2,1-2H3. The third-order valence-electron chi connectivity index (χ3n) is 3.10.